The molecule has 2 aromatic heterocycles. The molecule has 25 heavy (non-hydrogen) atoms. The van der Waals surface area contributed by atoms with Crippen LogP contribution in [0.2, 0.25) is 0 Å². The average Bonchev–Trinajstić information content (AvgIpc) is 2.59. The van der Waals surface area contributed by atoms with Crippen LogP contribution in [0.3, 0.4) is 0 Å². The van der Waals surface area contributed by atoms with Crippen LogP contribution in [-0.4, -0.2) is 19.9 Å². The van der Waals surface area contributed by atoms with Gasteiger partial charge in [0.05, 0.1) is 18.1 Å². The normalized spacial score (nSPS) is 14.1. The maximum Gasteiger partial charge on any atom is 0.321 e. The molecule has 0 amide bonds. The number of hydrogen-bond donors (Lipinski definition) is 1. The number of rotatable bonds is 4. The van der Waals surface area contributed by atoms with E-state index in [-0.39, 0.29) is 17.6 Å². The first-order valence-corrected chi connectivity index (χ1v) is 8.07. The third-order valence-corrected chi connectivity index (χ3v) is 4.36. The van der Waals surface area contributed by atoms with Crippen molar-refractivity contribution in [2.75, 3.05) is 5.73 Å². The Labute approximate surface area is 143 Å². The summed E-state index contributed by atoms with van der Waals surface area (Å²) in [6.45, 7) is 0. The Morgan fingerprint density at radius 3 is 2.48 bits per heavy atom. The quantitative estimate of drug-likeness (QED) is 0.781. The molecular formula is C18H16FN5O. The van der Waals surface area contributed by atoms with Crippen LogP contribution < -0.4 is 10.5 Å². The smallest absolute Gasteiger partial charge is 0.321 e. The van der Waals surface area contributed by atoms with E-state index in [0.29, 0.717) is 17.2 Å². The van der Waals surface area contributed by atoms with Crippen LogP contribution >= 0.6 is 0 Å². The molecule has 1 saturated carbocycles. The summed E-state index contributed by atoms with van der Waals surface area (Å²) >= 11 is 0. The second kappa shape index (κ2) is 6.43. The number of hydrogen-bond acceptors (Lipinski definition) is 6. The first kappa shape index (κ1) is 15.4. The van der Waals surface area contributed by atoms with Crippen LogP contribution in [0.1, 0.15) is 30.7 Å². The highest BCUT2D eigenvalue weighted by atomic mass is 19.1. The molecule has 0 spiro atoms. The molecule has 2 heterocycles. The van der Waals surface area contributed by atoms with Gasteiger partial charge < -0.3 is 10.5 Å². The Bertz CT molecular complexity index is 882. The van der Waals surface area contributed by atoms with Crippen molar-refractivity contribution in [3.05, 3.63) is 54.4 Å². The lowest BCUT2D eigenvalue weighted by Gasteiger charge is -2.28. The van der Waals surface area contributed by atoms with Crippen molar-refractivity contribution < 1.29 is 9.13 Å². The number of benzene rings is 1. The Morgan fingerprint density at radius 1 is 1.04 bits per heavy atom. The summed E-state index contributed by atoms with van der Waals surface area (Å²) in [6, 6.07) is 5.39. The van der Waals surface area contributed by atoms with Crippen molar-refractivity contribution in [3.63, 3.8) is 0 Å². The zero-order chi connectivity index (χ0) is 17.2. The highest BCUT2D eigenvalue weighted by Gasteiger charge is 2.27. The van der Waals surface area contributed by atoms with E-state index in [1.807, 2.05) is 6.07 Å². The number of anilines is 1. The van der Waals surface area contributed by atoms with Crippen molar-refractivity contribution in [1.82, 2.24) is 19.9 Å². The number of nitrogens with zero attached hydrogens (tertiary/aromatic N) is 4. The molecule has 0 atom stereocenters. The molecule has 6 nitrogen and oxygen atoms in total. The molecular weight excluding hydrogens is 321 g/mol. The summed E-state index contributed by atoms with van der Waals surface area (Å²) in [5.41, 5.74) is 7.09. The molecule has 126 valence electrons. The van der Waals surface area contributed by atoms with E-state index in [4.69, 9.17) is 10.5 Å². The minimum atomic E-state index is -0.490. The maximum atomic E-state index is 15.2. The number of nitrogen functional groups attached to an aromatic ring is 1. The van der Waals surface area contributed by atoms with Gasteiger partial charge in [-0.15, -0.1) is 0 Å². The largest absolute Gasteiger partial charge is 0.421 e. The number of nitrogens with two attached hydrogens (primary N) is 1. The molecule has 0 bridgehead atoms. The van der Waals surface area contributed by atoms with Gasteiger partial charge in [-0.1, -0.05) is 12.5 Å². The Kier molecular flexibility index (Phi) is 3.97. The summed E-state index contributed by atoms with van der Waals surface area (Å²) in [6.07, 6.45) is 9.13. The van der Waals surface area contributed by atoms with Crippen molar-refractivity contribution in [1.29, 1.82) is 0 Å². The highest BCUT2D eigenvalue weighted by Crippen LogP contribution is 2.44. The van der Waals surface area contributed by atoms with Gasteiger partial charge >= 0.3 is 6.01 Å². The summed E-state index contributed by atoms with van der Waals surface area (Å²) in [4.78, 5) is 16.2. The van der Waals surface area contributed by atoms with Gasteiger partial charge in [0.1, 0.15) is 5.82 Å². The minimum absolute atomic E-state index is 0.113. The van der Waals surface area contributed by atoms with Crippen LogP contribution in [0.4, 0.5) is 10.2 Å². The SMILES string of the molecule is Nc1cnc(-c2ccc(C3CCC3)c(Oc3ncccn3)c2F)cn1. The molecule has 1 fully saturated rings. The van der Waals surface area contributed by atoms with Crippen LogP contribution in [0.25, 0.3) is 11.3 Å². The van der Waals surface area contributed by atoms with E-state index in [2.05, 4.69) is 19.9 Å². The molecule has 1 aliphatic rings. The van der Waals surface area contributed by atoms with E-state index in [1.165, 1.54) is 12.4 Å². The Balaban J connectivity index is 1.79. The summed E-state index contributed by atoms with van der Waals surface area (Å²) in [5, 5.41) is 0. The predicted octanol–water partition coefficient (Wildman–Crippen LogP) is 3.71. The Hall–Kier alpha value is -3.09. The molecule has 2 N–H and O–H groups in total. The van der Waals surface area contributed by atoms with Crippen molar-refractivity contribution >= 4 is 5.82 Å². The lowest BCUT2D eigenvalue weighted by atomic mass is 9.79. The van der Waals surface area contributed by atoms with Crippen LogP contribution in [0.15, 0.2) is 43.0 Å². The molecule has 0 saturated heterocycles. The van der Waals surface area contributed by atoms with Gasteiger partial charge in [0, 0.05) is 23.5 Å². The van der Waals surface area contributed by atoms with E-state index >= 15 is 4.39 Å². The van der Waals surface area contributed by atoms with Gasteiger partial charge in [-0.25, -0.2) is 19.3 Å². The van der Waals surface area contributed by atoms with Gasteiger partial charge in [-0.2, -0.15) is 0 Å². The zero-order valence-corrected chi connectivity index (χ0v) is 13.4. The third-order valence-electron chi connectivity index (χ3n) is 4.36. The monoisotopic (exact) mass is 337 g/mol. The van der Waals surface area contributed by atoms with Gasteiger partial charge in [0.15, 0.2) is 11.6 Å². The topological polar surface area (TPSA) is 86.8 Å². The number of ether oxygens (including phenoxy) is 1. The third kappa shape index (κ3) is 3.00. The molecule has 4 rings (SSSR count). The summed E-state index contributed by atoms with van der Waals surface area (Å²) in [7, 11) is 0. The summed E-state index contributed by atoms with van der Waals surface area (Å²) < 4.78 is 21.0. The first-order valence-electron chi connectivity index (χ1n) is 8.07. The van der Waals surface area contributed by atoms with Gasteiger partial charge in [0.25, 0.3) is 0 Å². The van der Waals surface area contributed by atoms with E-state index in [0.717, 1.165) is 24.8 Å². The van der Waals surface area contributed by atoms with Crippen molar-refractivity contribution in [2.45, 2.75) is 25.2 Å². The fourth-order valence-electron chi connectivity index (χ4n) is 2.82. The van der Waals surface area contributed by atoms with Gasteiger partial charge in [-0.05, 0) is 30.9 Å². The molecule has 1 aliphatic carbocycles. The molecule has 7 heteroatoms. The molecule has 0 unspecified atom stereocenters. The van der Waals surface area contributed by atoms with Crippen LogP contribution in [0, 0.1) is 5.82 Å². The van der Waals surface area contributed by atoms with Crippen molar-refractivity contribution in [3.8, 4) is 23.0 Å². The minimum Gasteiger partial charge on any atom is -0.421 e. The van der Waals surface area contributed by atoms with E-state index in [1.54, 1.807) is 24.5 Å². The van der Waals surface area contributed by atoms with Crippen LogP contribution in [-0.2, 0) is 0 Å². The molecule has 0 radical (unpaired) electrons. The second-order valence-corrected chi connectivity index (χ2v) is 5.93. The fourth-order valence-corrected chi connectivity index (χ4v) is 2.82. The standard InChI is InChI=1S/C18H16FN5O/c19-16-13(14-9-24-15(20)10-23-14)6-5-12(11-3-1-4-11)17(16)25-18-21-7-2-8-22-18/h2,5-11H,1,3-4H2,(H2,20,24). The average molecular weight is 337 g/mol. The predicted molar refractivity (Wildman–Crippen MR) is 90.5 cm³/mol. The number of aromatic nitrogens is 4. The molecule has 1 aromatic carbocycles. The number of halogens is 1. The zero-order valence-electron chi connectivity index (χ0n) is 13.4. The maximum absolute atomic E-state index is 15.2. The van der Waals surface area contributed by atoms with Gasteiger partial charge in [0.2, 0.25) is 0 Å². The van der Waals surface area contributed by atoms with Crippen LogP contribution in [0.5, 0.6) is 11.8 Å². The lowest BCUT2D eigenvalue weighted by Crippen LogP contribution is -2.11. The fraction of sp³-hybridized carbons (Fsp3) is 0.222. The summed E-state index contributed by atoms with van der Waals surface area (Å²) in [5.74, 6) is 0.243. The van der Waals surface area contributed by atoms with Gasteiger partial charge in [-0.3, -0.25) is 4.98 Å². The Morgan fingerprint density at radius 2 is 1.84 bits per heavy atom. The van der Waals surface area contributed by atoms with Crippen molar-refractivity contribution in [2.24, 2.45) is 0 Å². The molecule has 3 aromatic rings. The van der Waals surface area contributed by atoms with E-state index in [9.17, 15) is 0 Å². The van der Waals surface area contributed by atoms with E-state index < -0.39 is 5.82 Å². The lowest BCUT2D eigenvalue weighted by molar-refractivity contribution is 0.371. The second-order valence-electron chi connectivity index (χ2n) is 5.93. The molecule has 0 aliphatic heterocycles. The highest BCUT2D eigenvalue weighted by molar-refractivity contribution is 5.64. The first-order chi connectivity index (χ1) is 12.2.